The van der Waals surface area contributed by atoms with Crippen LogP contribution in [-0.2, 0) is 6.54 Å². The second-order valence-electron chi connectivity index (χ2n) is 6.45. The molecule has 2 heterocycles. The first-order valence-electron chi connectivity index (χ1n) is 8.66. The van der Waals surface area contributed by atoms with Crippen LogP contribution >= 0.6 is 32.1 Å². The number of aryl methyl sites for hydroxylation is 1. The van der Waals surface area contributed by atoms with E-state index in [0.29, 0.717) is 29.2 Å². The smallest absolute Gasteiger partial charge is 0.234 e. The van der Waals surface area contributed by atoms with E-state index in [-0.39, 0.29) is 11.1 Å². The van der Waals surface area contributed by atoms with Gasteiger partial charge in [0.2, 0.25) is 5.95 Å². The molecule has 2 aromatic heterocycles. The van der Waals surface area contributed by atoms with E-state index >= 15 is 0 Å². The van der Waals surface area contributed by atoms with Gasteiger partial charge in [-0.15, -0.1) is 9.24 Å². The lowest BCUT2D eigenvalue weighted by atomic mass is 10.1. The number of nitrogens with one attached hydrogen (secondary N) is 1. The molecular weight excluding hydrogens is 501 g/mol. The fourth-order valence-electron chi connectivity index (χ4n) is 3.21. The van der Waals surface area contributed by atoms with Crippen molar-refractivity contribution in [3.63, 3.8) is 0 Å². The zero-order valence-corrected chi connectivity index (χ0v) is 18.6. The Hall–Kier alpha value is -2.63. The molecule has 1 N–H and O–H groups in total. The molecule has 1 atom stereocenters. The SMILES string of the molecule is Cc1cccc(P)c1Cn1ncc2c(-c3cccc(C#N)c3F)nc(NI)nc21. The van der Waals surface area contributed by atoms with Gasteiger partial charge in [-0.2, -0.15) is 15.3 Å². The summed E-state index contributed by atoms with van der Waals surface area (Å²) in [5.74, 6) is -0.263. The Morgan fingerprint density at radius 2 is 2.03 bits per heavy atom. The Labute approximate surface area is 182 Å². The van der Waals surface area contributed by atoms with Crippen LogP contribution in [0.1, 0.15) is 16.7 Å². The average Bonchev–Trinajstić information content (AvgIpc) is 3.13. The zero-order chi connectivity index (χ0) is 20.5. The van der Waals surface area contributed by atoms with Gasteiger partial charge in [0.25, 0.3) is 0 Å². The van der Waals surface area contributed by atoms with Crippen LogP contribution in [0.15, 0.2) is 42.6 Å². The minimum absolute atomic E-state index is 0.0294. The molecule has 0 saturated heterocycles. The number of rotatable bonds is 4. The van der Waals surface area contributed by atoms with Gasteiger partial charge in [0.05, 0.1) is 52.2 Å². The summed E-state index contributed by atoms with van der Waals surface area (Å²) in [5, 5.41) is 15.4. The van der Waals surface area contributed by atoms with E-state index < -0.39 is 5.82 Å². The molecule has 0 amide bonds. The highest BCUT2D eigenvalue weighted by atomic mass is 127. The number of halogens is 2. The van der Waals surface area contributed by atoms with Crippen LogP contribution in [0, 0.1) is 24.1 Å². The van der Waals surface area contributed by atoms with Crippen molar-refractivity contribution in [2.75, 3.05) is 3.53 Å². The van der Waals surface area contributed by atoms with Crippen LogP contribution < -0.4 is 8.83 Å². The number of benzene rings is 2. The molecule has 9 heteroatoms. The third-order valence-electron chi connectivity index (χ3n) is 4.71. The van der Waals surface area contributed by atoms with Crippen molar-refractivity contribution < 1.29 is 4.39 Å². The summed E-state index contributed by atoms with van der Waals surface area (Å²) in [6.45, 7) is 2.57. The highest BCUT2D eigenvalue weighted by Crippen LogP contribution is 2.31. The molecule has 4 rings (SSSR count). The van der Waals surface area contributed by atoms with E-state index in [1.165, 1.54) is 6.07 Å². The predicted octanol–water partition coefficient (Wildman–Crippen LogP) is 4.12. The van der Waals surface area contributed by atoms with Gasteiger partial charge in [0.1, 0.15) is 11.9 Å². The maximum atomic E-state index is 14.8. The van der Waals surface area contributed by atoms with E-state index in [0.717, 1.165) is 16.4 Å². The summed E-state index contributed by atoms with van der Waals surface area (Å²) in [7, 11) is 2.74. The van der Waals surface area contributed by atoms with Crippen molar-refractivity contribution in [3.8, 4) is 17.3 Å². The first-order chi connectivity index (χ1) is 14.0. The van der Waals surface area contributed by atoms with Gasteiger partial charge < -0.3 is 0 Å². The van der Waals surface area contributed by atoms with E-state index in [9.17, 15) is 4.39 Å². The highest BCUT2D eigenvalue weighted by molar-refractivity contribution is 14.1. The molecule has 0 aliphatic heterocycles. The highest BCUT2D eigenvalue weighted by Gasteiger charge is 2.19. The van der Waals surface area contributed by atoms with Crippen molar-refractivity contribution in [1.29, 1.82) is 5.26 Å². The third kappa shape index (κ3) is 3.56. The van der Waals surface area contributed by atoms with E-state index in [2.05, 4.69) is 40.8 Å². The molecule has 0 spiro atoms. The molecule has 29 heavy (non-hydrogen) atoms. The average molecular weight is 516 g/mol. The minimum atomic E-state index is -0.603. The Morgan fingerprint density at radius 1 is 1.24 bits per heavy atom. The quantitative estimate of drug-likeness (QED) is 0.251. The molecular formula is C20H15FIN6P. The van der Waals surface area contributed by atoms with Crippen molar-refractivity contribution in [2.24, 2.45) is 0 Å². The lowest BCUT2D eigenvalue weighted by Crippen LogP contribution is -2.12. The van der Waals surface area contributed by atoms with Crippen LogP contribution in [0.25, 0.3) is 22.3 Å². The Balaban J connectivity index is 1.92. The molecule has 0 aliphatic carbocycles. The molecule has 0 radical (unpaired) electrons. The van der Waals surface area contributed by atoms with Gasteiger partial charge in [-0.1, -0.05) is 24.3 Å². The molecule has 1 unspecified atom stereocenters. The second kappa shape index (κ2) is 8.01. The zero-order valence-electron chi connectivity index (χ0n) is 15.3. The van der Waals surface area contributed by atoms with Gasteiger partial charge in [-0.05, 0) is 35.5 Å². The first-order valence-corrected chi connectivity index (χ1v) is 10.3. The summed E-state index contributed by atoms with van der Waals surface area (Å²) >= 11 is 1.93. The standard InChI is InChI=1S/C20H15FIN6P/c1-11-4-2-7-16(29)15(11)10-28-19-14(9-24-28)18(25-20(26-19)27-22)13-6-3-5-12(8-23)17(13)21/h2-7,9H,10,29H2,1H3,(H,25,26,27). The lowest BCUT2D eigenvalue weighted by molar-refractivity contribution is 0.627. The number of anilines is 1. The van der Waals surface area contributed by atoms with E-state index in [1.54, 1.807) is 23.0 Å². The van der Waals surface area contributed by atoms with Crippen LogP contribution in [0.4, 0.5) is 10.3 Å². The summed E-state index contributed by atoms with van der Waals surface area (Å²) < 4.78 is 19.5. The number of nitriles is 1. The Bertz CT molecular complexity index is 1260. The molecule has 0 bridgehead atoms. The summed E-state index contributed by atoms with van der Waals surface area (Å²) in [5.41, 5.74) is 3.47. The van der Waals surface area contributed by atoms with Crippen molar-refractivity contribution >= 4 is 54.4 Å². The molecule has 0 fully saturated rings. The lowest BCUT2D eigenvalue weighted by Gasteiger charge is -2.11. The van der Waals surface area contributed by atoms with Gasteiger partial charge in [0.15, 0.2) is 5.65 Å². The molecule has 2 aromatic carbocycles. The van der Waals surface area contributed by atoms with Crippen molar-refractivity contribution in [2.45, 2.75) is 13.5 Å². The third-order valence-corrected chi connectivity index (χ3v) is 5.73. The van der Waals surface area contributed by atoms with Gasteiger partial charge in [-0.3, -0.25) is 3.53 Å². The number of fused-ring (bicyclic) bond motifs is 1. The number of hydrogen-bond donors (Lipinski definition) is 1. The van der Waals surface area contributed by atoms with E-state index in [4.69, 9.17) is 5.26 Å². The Morgan fingerprint density at radius 3 is 2.76 bits per heavy atom. The fraction of sp³-hybridized carbons (Fsp3) is 0.100. The summed E-state index contributed by atoms with van der Waals surface area (Å²) in [6, 6.07) is 12.6. The fourth-order valence-corrected chi connectivity index (χ4v) is 3.88. The van der Waals surface area contributed by atoms with Crippen molar-refractivity contribution in [3.05, 3.63) is 65.1 Å². The normalized spacial score (nSPS) is 10.9. The minimum Gasteiger partial charge on any atom is -0.297 e. The monoisotopic (exact) mass is 516 g/mol. The van der Waals surface area contributed by atoms with Gasteiger partial charge in [0, 0.05) is 5.56 Å². The molecule has 6 nitrogen and oxygen atoms in total. The summed E-state index contributed by atoms with van der Waals surface area (Å²) in [4.78, 5) is 8.99. The topological polar surface area (TPSA) is 79.4 Å². The van der Waals surface area contributed by atoms with Crippen LogP contribution in [0.5, 0.6) is 0 Å². The van der Waals surface area contributed by atoms with Gasteiger partial charge >= 0.3 is 0 Å². The maximum Gasteiger partial charge on any atom is 0.234 e. The maximum absolute atomic E-state index is 14.8. The molecule has 4 aromatic rings. The molecule has 0 aliphatic rings. The number of nitrogens with zero attached hydrogens (tertiary/aromatic N) is 5. The predicted molar refractivity (Wildman–Crippen MR) is 123 cm³/mol. The molecule has 144 valence electrons. The second-order valence-corrected chi connectivity index (χ2v) is 7.61. The van der Waals surface area contributed by atoms with E-state index in [1.807, 2.05) is 41.1 Å². The Kier molecular flexibility index (Phi) is 5.43. The van der Waals surface area contributed by atoms with Crippen LogP contribution in [0.3, 0.4) is 0 Å². The van der Waals surface area contributed by atoms with Crippen LogP contribution in [-0.4, -0.2) is 19.7 Å². The largest absolute Gasteiger partial charge is 0.297 e. The van der Waals surface area contributed by atoms with Crippen LogP contribution in [0.2, 0.25) is 0 Å². The van der Waals surface area contributed by atoms with Gasteiger partial charge in [-0.25, -0.2) is 14.1 Å². The summed E-state index contributed by atoms with van der Waals surface area (Å²) in [6.07, 6.45) is 1.64. The first kappa shape index (κ1) is 19.7. The number of aromatic nitrogens is 4. The van der Waals surface area contributed by atoms with Crippen molar-refractivity contribution in [1.82, 2.24) is 19.7 Å². The number of hydrogen-bond acceptors (Lipinski definition) is 5. The molecule has 0 saturated carbocycles.